The molecule has 0 spiro atoms. The van der Waals surface area contributed by atoms with Crippen LogP contribution in [0, 0.1) is 5.82 Å². The summed E-state index contributed by atoms with van der Waals surface area (Å²) in [5.74, 6) is -0.174. The van der Waals surface area contributed by atoms with Crippen molar-refractivity contribution in [2.24, 2.45) is 0 Å². The van der Waals surface area contributed by atoms with Crippen molar-refractivity contribution in [3.05, 3.63) is 35.6 Å². The van der Waals surface area contributed by atoms with E-state index in [0.29, 0.717) is 6.04 Å². The standard InChI is InChI=1S/C13H18FNO/c1-10-9-16-11(2)7-15(10)8-12-3-5-13(14)6-4-12/h3-6,10-11H,7-9H2,1-2H3. The minimum atomic E-state index is -0.174. The third-order valence-electron chi connectivity index (χ3n) is 3.04. The fourth-order valence-electron chi connectivity index (χ4n) is 2.02. The lowest BCUT2D eigenvalue weighted by molar-refractivity contribution is -0.0526. The van der Waals surface area contributed by atoms with E-state index in [0.717, 1.165) is 25.3 Å². The van der Waals surface area contributed by atoms with E-state index in [1.807, 2.05) is 12.1 Å². The van der Waals surface area contributed by atoms with E-state index in [2.05, 4.69) is 18.7 Å². The first-order valence-corrected chi connectivity index (χ1v) is 5.75. The minimum absolute atomic E-state index is 0.174. The topological polar surface area (TPSA) is 12.5 Å². The van der Waals surface area contributed by atoms with Crippen molar-refractivity contribution in [1.29, 1.82) is 0 Å². The van der Waals surface area contributed by atoms with Gasteiger partial charge in [-0.2, -0.15) is 0 Å². The molecule has 0 saturated carbocycles. The molecule has 2 unspecified atom stereocenters. The zero-order chi connectivity index (χ0) is 11.5. The summed E-state index contributed by atoms with van der Waals surface area (Å²) >= 11 is 0. The number of morpholine rings is 1. The van der Waals surface area contributed by atoms with Crippen molar-refractivity contribution in [3.63, 3.8) is 0 Å². The van der Waals surface area contributed by atoms with E-state index in [1.54, 1.807) is 0 Å². The Morgan fingerprint density at radius 1 is 1.31 bits per heavy atom. The molecule has 2 rings (SSSR count). The van der Waals surface area contributed by atoms with Crippen LogP contribution in [0.2, 0.25) is 0 Å². The molecule has 0 aliphatic carbocycles. The molecule has 1 aliphatic rings. The third kappa shape index (κ3) is 2.80. The summed E-state index contributed by atoms with van der Waals surface area (Å²) in [5.41, 5.74) is 1.15. The molecule has 0 bridgehead atoms. The predicted molar refractivity (Wildman–Crippen MR) is 61.7 cm³/mol. The fraction of sp³-hybridized carbons (Fsp3) is 0.538. The number of halogens is 1. The normalized spacial score (nSPS) is 26.9. The Bertz CT molecular complexity index is 338. The van der Waals surface area contributed by atoms with Crippen molar-refractivity contribution >= 4 is 0 Å². The van der Waals surface area contributed by atoms with Crippen molar-refractivity contribution in [2.75, 3.05) is 13.2 Å². The van der Waals surface area contributed by atoms with Crippen LogP contribution in [0.25, 0.3) is 0 Å². The number of benzene rings is 1. The maximum Gasteiger partial charge on any atom is 0.123 e. The fourth-order valence-corrected chi connectivity index (χ4v) is 2.02. The predicted octanol–water partition coefficient (Wildman–Crippen LogP) is 2.43. The van der Waals surface area contributed by atoms with Gasteiger partial charge < -0.3 is 4.74 Å². The average Bonchev–Trinajstić information content (AvgIpc) is 2.27. The van der Waals surface area contributed by atoms with E-state index < -0.39 is 0 Å². The average molecular weight is 223 g/mol. The lowest BCUT2D eigenvalue weighted by Gasteiger charge is -2.36. The molecule has 3 heteroatoms. The zero-order valence-corrected chi connectivity index (χ0v) is 9.82. The van der Waals surface area contributed by atoms with Gasteiger partial charge in [0, 0.05) is 19.1 Å². The van der Waals surface area contributed by atoms with Crippen LogP contribution in [0.3, 0.4) is 0 Å². The van der Waals surface area contributed by atoms with Crippen LogP contribution < -0.4 is 0 Å². The summed E-state index contributed by atoms with van der Waals surface area (Å²) in [7, 11) is 0. The van der Waals surface area contributed by atoms with Gasteiger partial charge in [-0.05, 0) is 31.5 Å². The lowest BCUT2D eigenvalue weighted by atomic mass is 10.1. The summed E-state index contributed by atoms with van der Waals surface area (Å²) in [6.07, 6.45) is 0.289. The van der Waals surface area contributed by atoms with Crippen molar-refractivity contribution in [3.8, 4) is 0 Å². The Balaban J connectivity index is 2.00. The van der Waals surface area contributed by atoms with E-state index in [9.17, 15) is 4.39 Å². The van der Waals surface area contributed by atoms with E-state index >= 15 is 0 Å². The molecule has 88 valence electrons. The Hall–Kier alpha value is -0.930. The molecule has 1 aromatic rings. The van der Waals surface area contributed by atoms with Crippen molar-refractivity contribution in [2.45, 2.75) is 32.5 Å². The second kappa shape index (κ2) is 4.93. The van der Waals surface area contributed by atoms with E-state index in [-0.39, 0.29) is 11.9 Å². The van der Waals surface area contributed by atoms with Gasteiger partial charge in [-0.15, -0.1) is 0 Å². The molecule has 1 heterocycles. The van der Waals surface area contributed by atoms with Gasteiger partial charge in [0.1, 0.15) is 5.82 Å². The molecule has 2 atom stereocenters. The summed E-state index contributed by atoms with van der Waals surface area (Å²) in [6, 6.07) is 7.17. The second-order valence-corrected chi connectivity index (χ2v) is 4.55. The molecule has 1 fully saturated rings. The maximum atomic E-state index is 12.8. The number of nitrogens with zero attached hydrogens (tertiary/aromatic N) is 1. The molecule has 0 radical (unpaired) electrons. The number of rotatable bonds is 2. The summed E-state index contributed by atoms with van der Waals surface area (Å²) in [5, 5.41) is 0. The lowest BCUT2D eigenvalue weighted by Crippen LogP contribution is -2.46. The van der Waals surface area contributed by atoms with Crippen LogP contribution in [0.4, 0.5) is 4.39 Å². The molecule has 1 saturated heterocycles. The molecule has 16 heavy (non-hydrogen) atoms. The van der Waals surface area contributed by atoms with Gasteiger partial charge in [0.05, 0.1) is 12.7 Å². The highest BCUT2D eigenvalue weighted by atomic mass is 19.1. The minimum Gasteiger partial charge on any atom is -0.376 e. The smallest absolute Gasteiger partial charge is 0.123 e. The molecule has 0 N–H and O–H groups in total. The van der Waals surface area contributed by atoms with Crippen LogP contribution in [0.5, 0.6) is 0 Å². The van der Waals surface area contributed by atoms with Crippen LogP contribution in [0.1, 0.15) is 19.4 Å². The van der Waals surface area contributed by atoms with Crippen LogP contribution in [-0.4, -0.2) is 30.2 Å². The van der Waals surface area contributed by atoms with Crippen LogP contribution >= 0.6 is 0 Å². The molecule has 0 aromatic heterocycles. The summed E-state index contributed by atoms with van der Waals surface area (Å²) in [4.78, 5) is 2.38. The first kappa shape index (κ1) is 11.6. The molecule has 1 aromatic carbocycles. The van der Waals surface area contributed by atoms with Crippen molar-refractivity contribution in [1.82, 2.24) is 4.90 Å². The van der Waals surface area contributed by atoms with Gasteiger partial charge >= 0.3 is 0 Å². The highest BCUT2D eigenvalue weighted by molar-refractivity contribution is 5.16. The Kier molecular flexibility index (Phi) is 3.56. The summed E-state index contributed by atoms with van der Waals surface area (Å²) in [6.45, 7) is 6.84. The number of hydrogen-bond donors (Lipinski definition) is 0. The van der Waals surface area contributed by atoms with E-state index in [4.69, 9.17) is 4.74 Å². The van der Waals surface area contributed by atoms with Gasteiger partial charge in [0.2, 0.25) is 0 Å². The number of ether oxygens (including phenoxy) is 1. The van der Waals surface area contributed by atoms with Gasteiger partial charge in [0.15, 0.2) is 0 Å². The molecular formula is C13H18FNO. The van der Waals surface area contributed by atoms with Gasteiger partial charge in [-0.3, -0.25) is 4.90 Å². The van der Waals surface area contributed by atoms with Gasteiger partial charge in [-0.25, -0.2) is 4.39 Å². The SMILES string of the molecule is CC1CN(Cc2ccc(F)cc2)C(C)CO1. The first-order chi connectivity index (χ1) is 7.65. The Labute approximate surface area is 96.0 Å². The largest absolute Gasteiger partial charge is 0.376 e. The molecule has 1 aliphatic heterocycles. The van der Waals surface area contributed by atoms with Gasteiger partial charge in [-0.1, -0.05) is 12.1 Å². The Morgan fingerprint density at radius 3 is 2.69 bits per heavy atom. The third-order valence-corrected chi connectivity index (χ3v) is 3.04. The zero-order valence-electron chi connectivity index (χ0n) is 9.82. The van der Waals surface area contributed by atoms with Gasteiger partial charge in [0.25, 0.3) is 0 Å². The summed E-state index contributed by atoms with van der Waals surface area (Å²) < 4.78 is 18.3. The van der Waals surface area contributed by atoms with E-state index in [1.165, 1.54) is 12.1 Å². The number of hydrogen-bond acceptors (Lipinski definition) is 2. The monoisotopic (exact) mass is 223 g/mol. The highest BCUT2D eigenvalue weighted by Gasteiger charge is 2.23. The highest BCUT2D eigenvalue weighted by Crippen LogP contribution is 2.15. The molecule has 2 nitrogen and oxygen atoms in total. The quantitative estimate of drug-likeness (QED) is 0.763. The first-order valence-electron chi connectivity index (χ1n) is 5.75. The Morgan fingerprint density at radius 2 is 2.00 bits per heavy atom. The molecular weight excluding hydrogens is 205 g/mol. The second-order valence-electron chi connectivity index (χ2n) is 4.55. The van der Waals surface area contributed by atoms with Crippen LogP contribution in [-0.2, 0) is 11.3 Å². The maximum absolute atomic E-state index is 12.8. The van der Waals surface area contributed by atoms with Crippen molar-refractivity contribution < 1.29 is 9.13 Å². The van der Waals surface area contributed by atoms with Crippen LogP contribution in [0.15, 0.2) is 24.3 Å². The molecule has 0 amide bonds.